The molecule has 0 saturated heterocycles. The van der Waals surface area contributed by atoms with Crippen LogP contribution in [0, 0.1) is 0 Å². The van der Waals surface area contributed by atoms with E-state index in [1.807, 2.05) is 37.0 Å². The summed E-state index contributed by atoms with van der Waals surface area (Å²) in [5.74, 6) is 1.70. The zero-order valence-electron chi connectivity index (χ0n) is 10.3. The van der Waals surface area contributed by atoms with Crippen molar-refractivity contribution >= 4 is 5.78 Å². The molecule has 92 valence electrons. The van der Waals surface area contributed by atoms with Gasteiger partial charge in [-0.2, -0.15) is 0 Å². The third-order valence-electron chi connectivity index (χ3n) is 2.82. The van der Waals surface area contributed by atoms with E-state index in [1.165, 1.54) is 0 Å². The minimum absolute atomic E-state index is 0.742. The van der Waals surface area contributed by atoms with E-state index in [-0.39, 0.29) is 0 Å². The van der Waals surface area contributed by atoms with Gasteiger partial charge in [-0.1, -0.05) is 0 Å². The molecule has 0 aliphatic carbocycles. The summed E-state index contributed by atoms with van der Waals surface area (Å²) < 4.78 is 3.77. The number of aromatic nitrogens is 5. The van der Waals surface area contributed by atoms with Gasteiger partial charge in [0, 0.05) is 31.5 Å². The summed E-state index contributed by atoms with van der Waals surface area (Å²) in [6.07, 6.45) is 5.49. The van der Waals surface area contributed by atoms with Crippen LogP contribution in [0.15, 0.2) is 30.7 Å². The monoisotopic (exact) mass is 242 g/mol. The van der Waals surface area contributed by atoms with Crippen LogP contribution in [0.5, 0.6) is 0 Å². The third kappa shape index (κ3) is 1.67. The van der Waals surface area contributed by atoms with E-state index in [2.05, 4.69) is 20.4 Å². The Labute approximate surface area is 104 Å². The summed E-state index contributed by atoms with van der Waals surface area (Å²) in [7, 11) is 3.86. The summed E-state index contributed by atoms with van der Waals surface area (Å²) in [6.45, 7) is 0.742. The molecular formula is C12H14N6. The minimum atomic E-state index is 0.742. The van der Waals surface area contributed by atoms with Gasteiger partial charge in [-0.25, -0.2) is 9.50 Å². The normalized spacial score (nSPS) is 11.2. The number of pyridine rings is 1. The second kappa shape index (κ2) is 4.23. The van der Waals surface area contributed by atoms with Gasteiger partial charge in [0.25, 0.3) is 0 Å². The molecule has 6 heteroatoms. The summed E-state index contributed by atoms with van der Waals surface area (Å²) >= 11 is 0. The predicted octanol–water partition coefficient (Wildman–Crippen LogP) is 0.849. The Morgan fingerprint density at radius 2 is 2.28 bits per heavy atom. The van der Waals surface area contributed by atoms with Gasteiger partial charge in [0.1, 0.15) is 0 Å². The highest BCUT2D eigenvalue weighted by atomic mass is 15.4. The van der Waals surface area contributed by atoms with Crippen molar-refractivity contribution in [3.05, 3.63) is 36.4 Å². The van der Waals surface area contributed by atoms with Crippen LogP contribution in [0.25, 0.3) is 17.2 Å². The number of nitrogens with zero attached hydrogens (tertiary/aromatic N) is 5. The first kappa shape index (κ1) is 10.9. The maximum atomic E-state index is 4.53. The molecule has 0 saturated carbocycles. The van der Waals surface area contributed by atoms with E-state index in [1.54, 1.807) is 16.9 Å². The molecule has 0 aromatic carbocycles. The molecule has 3 aromatic heterocycles. The van der Waals surface area contributed by atoms with E-state index in [0.717, 1.165) is 29.4 Å². The Morgan fingerprint density at radius 3 is 2.94 bits per heavy atom. The molecule has 0 atom stereocenters. The molecule has 0 amide bonds. The van der Waals surface area contributed by atoms with Gasteiger partial charge in [0.15, 0.2) is 5.82 Å². The second-order valence-corrected chi connectivity index (χ2v) is 4.13. The molecule has 0 radical (unpaired) electrons. The number of hydrogen-bond donors (Lipinski definition) is 1. The van der Waals surface area contributed by atoms with Crippen molar-refractivity contribution in [3.8, 4) is 11.4 Å². The van der Waals surface area contributed by atoms with E-state index >= 15 is 0 Å². The number of rotatable bonds is 3. The lowest BCUT2D eigenvalue weighted by molar-refractivity contribution is 0.792. The molecule has 3 aromatic rings. The maximum absolute atomic E-state index is 4.53. The average molecular weight is 242 g/mol. The topological polar surface area (TPSA) is 60.0 Å². The van der Waals surface area contributed by atoms with E-state index in [9.17, 15) is 0 Å². The first-order chi connectivity index (χ1) is 8.79. The van der Waals surface area contributed by atoms with Crippen LogP contribution in [0.4, 0.5) is 0 Å². The molecule has 18 heavy (non-hydrogen) atoms. The minimum Gasteiger partial charge on any atom is -0.314 e. The first-order valence-corrected chi connectivity index (χ1v) is 5.75. The fourth-order valence-corrected chi connectivity index (χ4v) is 1.99. The zero-order chi connectivity index (χ0) is 12.5. The first-order valence-electron chi connectivity index (χ1n) is 5.75. The van der Waals surface area contributed by atoms with Crippen LogP contribution >= 0.6 is 0 Å². The highest BCUT2D eigenvalue weighted by Crippen LogP contribution is 2.17. The Hall–Kier alpha value is -2.21. The molecule has 0 aliphatic rings. The number of nitrogens with one attached hydrogen (secondary N) is 1. The Morgan fingerprint density at radius 1 is 1.39 bits per heavy atom. The number of aryl methyl sites for hydroxylation is 1. The summed E-state index contributed by atoms with van der Waals surface area (Å²) in [6, 6.07) is 3.89. The van der Waals surface area contributed by atoms with Gasteiger partial charge in [-0.05, 0) is 19.2 Å². The lowest BCUT2D eigenvalue weighted by atomic mass is 10.3. The van der Waals surface area contributed by atoms with Gasteiger partial charge in [0.2, 0.25) is 5.78 Å². The van der Waals surface area contributed by atoms with Gasteiger partial charge >= 0.3 is 0 Å². The van der Waals surface area contributed by atoms with Crippen molar-refractivity contribution in [1.82, 2.24) is 29.5 Å². The largest absolute Gasteiger partial charge is 0.314 e. The lowest BCUT2D eigenvalue weighted by Gasteiger charge is -1.99. The van der Waals surface area contributed by atoms with Crippen molar-refractivity contribution in [2.45, 2.75) is 6.54 Å². The molecule has 0 unspecified atom stereocenters. The van der Waals surface area contributed by atoms with Crippen LogP contribution in [0.1, 0.15) is 5.69 Å². The molecule has 1 N–H and O–H groups in total. The molecule has 0 spiro atoms. The smallest absolute Gasteiger partial charge is 0.232 e. The SMILES string of the molecule is CNCc1cn2nc(-c3cccnc3)n(C)c2n1. The second-order valence-electron chi connectivity index (χ2n) is 4.13. The molecular weight excluding hydrogens is 228 g/mol. The average Bonchev–Trinajstić information content (AvgIpc) is 2.91. The van der Waals surface area contributed by atoms with Gasteiger partial charge in [-0.15, -0.1) is 5.10 Å². The zero-order valence-corrected chi connectivity index (χ0v) is 10.3. The Kier molecular flexibility index (Phi) is 2.56. The number of hydrogen-bond acceptors (Lipinski definition) is 4. The fourth-order valence-electron chi connectivity index (χ4n) is 1.99. The fraction of sp³-hybridized carbons (Fsp3) is 0.250. The quantitative estimate of drug-likeness (QED) is 0.739. The third-order valence-corrected chi connectivity index (χ3v) is 2.82. The van der Waals surface area contributed by atoms with Gasteiger partial charge < -0.3 is 5.32 Å². The van der Waals surface area contributed by atoms with Crippen LogP contribution in [0.2, 0.25) is 0 Å². The van der Waals surface area contributed by atoms with Crippen LogP contribution in [-0.4, -0.2) is 31.2 Å². The maximum Gasteiger partial charge on any atom is 0.232 e. The standard InChI is InChI=1S/C12H14N6/c1-13-7-10-8-18-12(15-10)17(2)11(16-18)9-4-3-5-14-6-9/h3-6,8,13H,7H2,1-2H3. The van der Waals surface area contributed by atoms with Crippen LogP contribution < -0.4 is 5.32 Å². The van der Waals surface area contributed by atoms with Crippen molar-refractivity contribution < 1.29 is 0 Å². The van der Waals surface area contributed by atoms with Crippen molar-refractivity contribution in [2.75, 3.05) is 7.05 Å². The highest BCUT2D eigenvalue weighted by Gasteiger charge is 2.12. The summed E-state index contributed by atoms with van der Waals surface area (Å²) in [5, 5.41) is 7.61. The molecule has 0 fully saturated rings. The molecule has 3 heterocycles. The number of imidazole rings is 1. The van der Waals surface area contributed by atoms with Gasteiger partial charge in [-0.3, -0.25) is 9.55 Å². The molecule has 6 nitrogen and oxygen atoms in total. The Bertz CT molecular complexity index is 667. The summed E-state index contributed by atoms with van der Waals surface area (Å²) in [5.41, 5.74) is 1.97. The predicted molar refractivity (Wildman–Crippen MR) is 68.0 cm³/mol. The van der Waals surface area contributed by atoms with Crippen molar-refractivity contribution in [1.29, 1.82) is 0 Å². The number of fused-ring (bicyclic) bond motifs is 1. The van der Waals surface area contributed by atoms with Crippen LogP contribution in [-0.2, 0) is 13.6 Å². The lowest BCUT2D eigenvalue weighted by Crippen LogP contribution is -2.05. The Balaban J connectivity index is 2.10. The summed E-state index contributed by atoms with van der Waals surface area (Å²) in [4.78, 5) is 8.64. The van der Waals surface area contributed by atoms with Crippen LogP contribution in [0.3, 0.4) is 0 Å². The molecule has 0 bridgehead atoms. The van der Waals surface area contributed by atoms with Crippen molar-refractivity contribution in [2.24, 2.45) is 7.05 Å². The van der Waals surface area contributed by atoms with Gasteiger partial charge in [0.05, 0.1) is 11.9 Å². The molecule has 0 aliphatic heterocycles. The van der Waals surface area contributed by atoms with E-state index < -0.39 is 0 Å². The van der Waals surface area contributed by atoms with E-state index in [0.29, 0.717) is 0 Å². The molecule has 3 rings (SSSR count). The van der Waals surface area contributed by atoms with E-state index in [4.69, 9.17) is 0 Å². The highest BCUT2D eigenvalue weighted by molar-refractivity contribution is 5.56. The van der Waals surface area contributed by atoms with Crippen molar-refractivity contribution in [3.63, 3.8) is 0 Å².